The minimum Gasteiger partial charge on any atom is -0.395 e. The van der Waals surface area contributed by atoms with Crippen molar-refractivity contribution in [2.45, 2.75) is 42.7 Å². The first-order valence-corrected chi connectivity index (χ1v) is 8.81. The molecule has 0 aromatic carbocycles. The molecule has 0 aliphatic carbocycles. The summed E-state index contributed by atoms with van der Waals surface area (Å²) in [5.41, 5.74) is 0. The third-order valence-corrected chi connectivity index (χ3v) is 6.15. The van der Waals surface area contributed by atoms with Crippen LogP contribution < -0.4 is 0 Å². The van der Waals surface area contributed by atoms with Crippen LogP contribution in [0.5, 0.6) is 0 Å². The monoisotopic (exact) mass is 315 g/mol. The summed E-state index contributed by atoms with van der Waals surface area (Å²) < 4.78 is 33.8. The standard InChI is InChI=1S/C13H21N3O4S/c17-9-11-3-1-2-5-16(11)21(18,19)13-7-14-15(8-13)12-4-6-20-10-12/h7-8,11-12,17H,1-6,9-10H2. The molecule has 7 nitrogen and oxygen atoms in total. The molecule has 3 rings (SSSR count). The number of ether oxygens (including phenoxy) is 1. The normalized spacial score (nSPS) is 28.0. The maximum Gasteiger partial charge on any atom is 0.246 e. The van der Waals surface area contributed by atoms with Crippen LogP contribution in [0.2, 0.25) is 0 Å². The van der Waals surface area contributed by atoms with Crippen molar-refractivity contribution in [3.05, 3.63) is 12.4 Å². The fraction of sp³-hybridized carbons (Fsp3) is 0.769. The third-order valence-electron chi connectivity index (χ3n) is 4.25. The Morgan fingerprint density at radius 1 is 1.38 bits per heavy atom. The molecular weight excluding hydrogens is 294 g/mol. The van der Waals surface area contributed by atoms with E-state index in [1.807, 2.05) is 0 Å². The number of aliphatic hydroxyl groups is 1. The first kappa shape index (κ1) is 15.0. The Hall–Kier alpha value is -0.960. The van der Waals surface area contributed by atoms with Crippen LogP contribution in [-0.4, -0.2) is 60.0 Å². The Balaban J connectivity index is 1.83. The lowest BCUT2D eigenvalue weighted by Gasteiger charge is -2.33. The topological polar surface area (TPSA) is 84.7 Å². The maximum atomic E-state index is 12.7. The van der Waals surface area contributed by atoms with Gasteiger partial charge in [-0.05, 0) is 19.3 Å². The second-order valence-electron chi connectivity index (χ2n) is 5.62. The van der Waals surface area contributed by atoms with E-state index in [9.17, 15) is 13.5 Å². The maximum absolute atomic E-state index is 12.7. The van der Waals surface area contributed by atoms with Gasteiger partial charge in [0.2, 0.25) is 10.0 Å². The van der Waals surface area contributed by atoms with Crippen LogP contribution in [0, 0.1) is 0 Å². The number of hydrogen-bond acceptors (Lipinski definition) is 5. The van der Waals surface area contributed by atoms with Gasteiger partial charge in [0.1, 0.15) is 4.90 Å². The fourth-order valence-corrected chi connectivity index (χ4v) is 4.62. The number of sulfonamides is 1. The summed E-state index contributed by atoms with van der Waals surface area (Å²) in [5.74, 6) is 0. The van der Waals surface area contributed by atoms with Crippen LogP contribution in [0.25, 0.3) is 0 Å². The van der Waals surface area contributed by atoms with Gasteiger partial charge in [0, 0.05) is 25.4 Å². The third kappa shape index (κ3) is 2.85. The molecule has 2 aliphatic heterocycles. The molecule has 2 aliphatic rings. The van der Waals surface area contributed by atoms with Gasteiger partial charge in [-0.3, -0.25) is 4.68 Å². The summed E-state index contributed by atoms with van der Waals surface area (Å²) in [6.07, 6.45) is 6.33. The van der Waals surface area contributed by atoms with Crippen molar-refractivity contribution in [1.82, 2.24) is 14.1 Å². The van der Waals surface area contributed by atoms with Crippen LogP contribution in [0.1, 0.15) is 31.7 Å². The Morgan fingerprint density at radius 2 is 2.24 bits per heavy atom. The summed E-state index contributed by atoms with van der Waals surface area (Å²) in [4.78, 5) is 0.203. The number of aromatic nitrogens is 2. The van der Waals surface area contributed by atoms with Crippen molar-refractivity contribution in [3.8, 4) is 0 Å². The molecule has 118 valence electrons. The van der Waals surface area contributed by atoms with E-state index in [-0.39, 0.29) is 23.6 Å². The molecule has 2 atom stereocenters. The smallest absolute Gasteiger partial charge is 0.246 e. The highest BCUT2D eigenvalue weighted by atomic mass is 32.2. The van der Waals surface area contributed by atoms with Gasteiger partial charge in [-0.1, -0.05) is 6.42 Å². The van der Waals surface area contributed by atoms with Crippen molar-refractivity contribution in [2.24, 2.45) is 0 Å². The molecule has 1 aromatic heterocycles. The highest BCUT2D eigenvalue weighted by molar-refractivity contribution is 7.89. The minimum atomic E-state index is -3.58. The van der Waals surface area contributed by atoms with Gasteiger partial charge in [-0.15, -0.1) is 0 Å². The Bertz CT molecular complexity index is 580. The summed E-state index contributed by atoms with van der Waals surface area (Å²) in [6, 6.07) is -0.203. The van der Waals surface area contributed by atoms with Crippen LogP contribution >= 0.6 is 0 Å². The van der Waals surface area contributed by atoms with E-state index >= 15 is 0 Å². The molecule has 1 aromatic rings. The lowest BCUT2D eigenvalue weighted by Crippen LogP contribution is -2.45. The molecule has 1 N–H and O–H groups in total. The summed E-state index contributed by atoms with van der Waals surface area (Å²) in [5, 5.41) is 13.6. The summed E-state index contributed by atoms with van der Waals surface area (Å²) in [6.45, 7) is 1.59. The van der Waals surface area contributed by atoms with Crippen molar-refractivity contribution < 1.29 is 18.3 Å². The molecule has 2 fully saturated rings. The first-order chi connectivity index (χ1) is 10.1. The lowest BCUT2D eigenvalue weighted by molar-refractivity contribution is 0.155. The van der Waals surface area contributed by atoms with E-state index in [4.69, 9.17) is 4.74 Å². The SMILES string of the molecule is O=S(=O)(c1cnn(C2CCOC2)c1)N1CCCCC1CO. The number of hydrogen-bond donors (Lipinski definition) is 1. The molecule has 8 heteroatoms. The van der Waals surface area contributed by atoms with Crippen LogP contribution in [-0.2, 0) is 14.8 Å². The zero-order valence-corrected chi connectivity index (χ0v) is 12.7. The van der Waals surface area contributed by atoms with E-state index in [0.29, 0.717) is 26.2 Å². The highest BCUT2D eigenvalue weighted by Gasteiger charge is 2.34. The molecule has 0 radical (unpaired) electrons. The zero-order chi connectivity index (χ0) is 14.9. The number of aliphatic hydroxyl groups excluding tert-OH is 1. The second-order valence-corrected chi connectivity index (χ2v) is 7.51. The Kier molecular flexibility index (Phi) is 4.30. The lowest BCUT2D eigenvalue weighted by atomic mass is 10.1. The predicted molar refractivity (Wildman–Crippen MR) is 75.3 cm³/mol. The van der Waals surface area contributed by atoms with Crippen LogP contribution in [0.3, 0.4) is 0 Å². The second kappa shape index (κ2) is 6.04. The van der Waals surface area contributed by atoms with E-state index in [1.165, 1.54) is 10.5 Å². The van der Waals surface area contributed by atoms with Crippen LogP contribution in [0.15, 0.2) is 17.3 Å². The quantitative estimate of drug-likeness (QED) is 0.868. The first-order valence-electron chi connectivity index (χ1n) is 7.37. The number of piperidine rings is 1. The molecule has 0 amide bonds. The minimum absolute atomic E-state index is 0.115. The molecule has 0 saturated carbocycles. The Labute approximate surface area is 124 Å². The van der Waals surface area contributed by atoms with Gasteiger partial charge in [0.25, 0.3) is 0 Å². The van der Waals surface area contributed by atoms with E-state index in [0.717, 1.165) is 19.3 Å². The average Bonchev–Trinajstić information content (AvgIpc) is 3.17. The van der Waals surface area contributed by atoms with Gasteiger partial charge in [-0.25, -0.2) is 8.42 Å². The van der Waals surface area contributed by atoms with E-state index in [2.05, 4.69) is 5.10 Å². The van der Waals surface area contributed by atoms with Crippen molar-refractivity contribution in [3.63, 3.8) is 0 Å². The average molecular weight is 315 g/mol. The summed E-state index contributed by atoms with van der Waals surface area (Å²) >= 11 is 0. The number of rotatable bonds is 4. The van der Waals surface area contributed by atoms with E-state index < -0.39 is 10.0 Å². The Morgan fingerprint density at radius 3 is 2.95 bits per heavy atom. The fourth-order valence-electron chi connectivity index (χ4n) is 2.99. The number of nitrogens with zero attached hydrogens (tertiary/aromatic N) is 3. The highest BCUT2D eigenvalue weighted by Crippen LogP contribution is 2.26. The van der Waals surface area contributed by atoms with E-state index in [1.54, 1.807) is 10.9 Å². The van der Waals surface area contributed by atoms with Gasteiger partial charge >= 0.3 is 0 Å². The predicted octanol–water partition coefficient (Wildman–Crippen LogP) is 0.380. The van der Waals surface area contributed by atoms with Gasteiger partial charge in [0.15, 0.2) is 0 Å². The molecule has 2 unspecified atom stereocenters. The molecule has 2 saturated heterocycles. The zero-order valence-electron chi connectivity index (χ0n) is 11.9. The molecule has 0 spiro atoms. The molecular formula is C13H21N3O4S. The van der Waals surface area contributed by atoms with Crippen molar-refractivity contribution in [1.29, 1.82) is 0 Å². The van der Waals surface area contributed by atoms with Gasteiger partial charge in [0.05, 0.1) is 25.5 Å². The van der Waals surface area contributed by atoms with Crippen molar-refractivity contribution in [2.75, 3.05) is 26.4 Å². The van der Waals surface area contributed by atoms with Crippen LogP contribution in [0.4, 0.5) is 0 Å². The van der Waals surface area contributed by atoms with Gasteiger partial charge < -0.3 is 9.84 Å². The van der Waals surface area contributed by atoms with Crippen molar-refractivity contribution >= 4 is 10.0 Å². The molecule has 21 heavy (non-hydrogen) atoms. The summed E-state index contributed by atoms with van der Waals surface area (Å²) in [7, 11) is -3.58. The molecule has 0 bridgehead atoms. The molecule has 3 heterocycles. The van der Waals surface area contributed by atoms with Gasteiger partial charge in [-0.2, -0.15) is 9.40 Å². The largest absolute Gasteiger partial charge is 0.395 e.